The molecule has 2 rings (SSSR count). The molecule has 6 heteroatoms. The standard InChI is InChI=1S/C15H15Cl2N3O/c1-10(2)20-14(7-8-18-20)19-15(21)6-3-11-9-12(16)4-5-13(11)17/h3-10H,1-2H3,(H,19,21)/b6-3+. The third-order valence-electron chi connectivity index (χ3n) is 2.78. The first-order valence-electron chi connectivity index (χ1n) is 6.45. The first kappa shape index (κ1) is 15.6. The molecule has 0 radical (unpaired) electrons. The van der Waals surface area contributed by atoms with Gasteiger partial charge in [-0.1, -0.05) is 23.2 Å². The van der Waals surface area contributed by atoms with Crippen LogP contribution in [0.5, 0.6) is 0 Å². The summed E-state index contributed by atoms with van der Waals surface area (Å²) in [6, 6.07) is 7.00. The molecule has 0 saturated heterocycles. The van der Waals surface area contributed by atoms with Crippen LogP contribution in [-0.2, 0) is 4.79 Å². The molecule has 2 aromatic rings. The highest BCUT2D eigenvalue weighted by atomic mass is 35.5. The lowest BCUT2D eigenvalue weighted by atomic mass is 10.2. The molecule has 0 spiro atoms. The number of nitrogens with one attached hydrogen (secondary N) is 1. The Balaban J connectivity index is 2.09. The maximum absolute atomic E-state index is 11.9. The van der Waals surface area contributed by atoms with E-state index in [-0.39, 0.29) is 11.9 Å². The fourth-order valence-corrected chi connectivity index (χ4v) is 2.16. The average Bonchev–Trinajstić information content (AvgIpc) is 2.88. The van der Waals surface area contributed by atoms with Crippen molar-refractivity contribution < 1.29 is 4.79 Å². The molecule has 0 atom stereocenters. The highest BCUT2D eigenvalue weighted by Gasteiger charge is 2.07. The molecular weight excluding hydrogens is 309 g/mol. The number of benzene rings is 1. The molecule has 1 aromatic carbocycles. The van der Waals surface area contributed by atoms with Crippen LogP contribution in [0, 0.1) is 0 Å². The number of amides is 1. The lowest BCUT2D eigenvalue weighted by molar-refractivity contribution is -0.111. The van der Waals surface area contributed by atoms with Crippen molar-refractivity contribution >= 4 is 41.0 Å². The van der Waals surface area contributed by atoms with Gasteiger partial charge in [-0.2, -0.15) is 5.10 Å². The molecule has 0 fully saturated rings. The zero-order valence-electron chi connectivity index (χ0n) is 11.7. The van der Waals surface area contributed by atoms with Gasteiger partial charge in [0.25, 0.3) is 0 Å². The molecule has 0 saturated carbocycles. The number of nitrogens with zero attached hydrogens (tertiary/aromatic N) is 2. The van der Waals surface area contributed by atoms with Crippen LogP contribution in [-0.4, -0.2) is 15.7 Å². The molecule has 4 nitrogen and oxygen atoms in total. The van der Waals surface area contributed by atoms with E-state index < -0.39 is 0 Å². The minimum atomic E-state index is -0.256. The van der Waals surface area contributed by atoms with Crippen molar-refractivity contribution in [2.75, 3.05) is 5.32 Å². The number of hydrogen-bond acceptors (Lipinski definition) is 2. The average molecular weight is 324 g/mol. The van der Waals surface area contributed by atoms with Gasteiger partial charge in [0.2, 0.25) is 5.91 Å². The van der Waals surface area contributed by atoms with Gasteiger partial charge in [0.1, 0.15) is 5.82 Å². The summed E-state index contributed by atoms with van der Waals surface area (Å²) in [5, 5.41) is 8.03. The van der Waals surface area contributed by atoms with Gasteiger partial charge in [-0.3, -0.25) is 4.79 Å². The molecule has 0 aliphatic carbocycles. The second-order valence-corrected chi connectivity index (χ2v) is 5.59. The van der Waals surface area contributed by atoms with Crippen LogP contribution >= 0.6 is 23.2 Å². The number of anilines is 1. The highest BCUT2D eigenvalue weighted by Crippen LogP contribution is 2.21. The van der Waals surface area contributed by atoms with E-state index in [1.54, 1.807) is 41.2 Å². The van der Waals surface area contributed by atoms with E-state index in [2.05, 4.69) is 10.4 Å². The first-order valence-corrected chi connectivity index (χ1v) is 7.20. The number of carbonyl (C=O) groups is 1. The normalized spacial score (nSPS) is 11.3. The van der Waals surface area contributed by atoms with Crippen molar-refractivity contribution in [1.82, 2.24) is 9.78 Å². The topological polar surface area (TPSA) is 46.9 Å². The van der Waals surface area contributed by atoms with Crippen molar-refractivity contribution in [2.24, 2.45) is 0 Å². The molecule has 0 bridgehead atoms. The van der Waals surface area contributed by atoms with E-state index in [4.69, 9.17) is 23.2 Å². The number of carbonyl (C=O) groups excluding carboxylic acids is 1. The fourth-order valence-electron chi connectivity index (χ4n) is 1.80. The molecule has 1 heterocycles. The second-order valence-electron chi connectivity index (χ2n) is 4.74. The van der Waals surface area contributed by atoms with Crippen LogP contribution in [0.3, 0.4) is 0 Å². The molecular formula is C15H15Cl2N3O. The number of aromatic nitrogens is 2. The maximum atomic E-state index is 11.9. The van der Waals surface area contributed by atoms with Gasteiger partial charge < -0.3 is 5.32 Å². The fraction of sp³-hybridized carbons (Fsp3) is 0.200. The summed E-state index contributed by atoms with van der Waals surface area (Å²) in [7, 11) is 0. The van der Waals surface area contributed by atoms with Crippen LogP contribution < -0.4 is 5.32 Å². The summed E-state index contributed by atoms with van der Waals surface area (Å²) in [4.78, 5) is 11.9. The van der Waals surface area contributed by atoms with Crippen LogP contribution in [0.1, 0.15) is 25.5 Å². The number of halogens is 2. The zero-order chi connectivity index (χ0) is 15.4. The Morgan fingerprint density at radius 1 is 1.33 bits per heavy atom. The number of rotatable bonds is 4. The van der Waals surface area contributed by atoms with Crippen LogP contribution in [0.2, 0.25) is 10.0 Å². The van der Waals surface area contributed by atoms with Crippen LogP contribution in [0.4, 0.5) is 5.82 Å². The molecule has 0 aliphatic heterocycles. The summed E-state index contributed by atoms with van der Waals surface area (Å²) in [6.07, 6.45) is 4.68. The minimum absolute atomic E-state index is 0.168. The predicted octanol–water partition coefficient (Wildman–Crippen LogP) is 4.42. The quantitative estimate of drug-likeness (QED) is 0.846. The molecule has 0 aliphatic rings. The predicted molar refractivity (Wildman–Crippen MR) is 86.7 cm³/mol. The van der Waals surface area contributed by atoms with Crippen molar-refractivity contribution in [3.05, 3.63) is 52.1 Å². The van der Waals surface area contributed by atoms with Crippen LogP contribution in [0.15, 0.2) is 36.5 Å². The Kier molecular flexibility index (Phi) is 5.04. The Bertz CT molecular complexity index is 677. The van der Waals surface area contributed by atoms with Crippen molar-refractivity contribution in [3.63, 3.8) is 0 Å². The Hall–Kier alpha value is -1.78. The molecule has 110 valence electrons. The molecule has 1 aromatic heterocycles. The summed E-state index contributed by atoms with van der Waals surface area (Å²) >= 11 is 11.9. The molecule has 1 N–H and O–H groups in total. The Morgan fingerprint density at radius 2 is 2.10 bits per heavy atom. The second kappa shape index (κ2) is 6.78. The SMILES string of the molecule is CC(C)n1nccc1NC(=O)/C=C/c1cc(Cl)ccc1Cl. The maximum Gasteiger partial charge on any atom is 0.249 e. The lowest BCUT2D eigenvalue weighted by Gasteiger charge is -2.10. The van der Waals surface area contributed by atoms with E-state index in [9.17, 15) is 4.79 Å². The summed E-state index contributed by atoms with van der Waals surface area (Å²) in [5.41, 5.74) is 0.691. The molecule has 1 amide bonds. The third kappa shape index (κ3) is 4.09. The van der Waals surface area contributed by atoms with Gasteiger partial charge in [-0.05, 0) is 43.7 Å². The molecule has 0 unspecified atom stereocenters. The van der Waals surface area contributed by atoms with Gasteiger partial charge in [0.05, 0.1) is 6.20 Å². The Morgan fingerprint density at radius 3 is 2.81 bits per heavy atom. The van der Waals surface area contributed by atoms with Crippen molar-refractivity contribution in [3.8, 4) is 0 Å². The van der Waals surface area contributed by atoms with Crippen molar-refractivity contribution in [1.29, 1.82) is 0 Å². The largest absolute Gasteiger partial charge is 0.307 e. The third-order valence-corrected chi connectivity index (χ3v) is 3.36. The summed E-state index contributed by atoms with van der Waals surface area (Å²) in [6.45, 7) is 3.98. The van der Waals surface area contributed by atoms with E-state index >= 15 is 0 Å². The van der Waals surface area contributed by atoms with Gasteiger partial charge in [0.15, 0.2) is 0 Å². The Labute approximate surface area is 133 Å². The van der Waals surface area contributed by atoms with Crippen LogP contribution in [0.25, 0.3) is 6.08 Å². The van der Waals surface area contributed by atoms with Gasteiger partial charge >= 0.3 is 0 Å². The monoisotopic (exact) mass is 323 g/mol. The van der Waals surface area contributed by atoms with Gasteiger partial charge in [-0.25, -0.2) is 4.68 Å². The van der Waals surface area contributed by atoms with Gasteiger partial charge in [0, 0.05) is 28.2 Å². The van der Waals surface area contributed by atoms with E-state index in [0.717, 1.165) is 0 Å². The van der Waals surface area contributed by atoms with E-state index in [1.807, 2.05) is 13.8 Å². The lowest BCUT2D eigenvalue weighted by Crippen LogP contribution is -2.14. The zero-order valence-corrected chi connectivity index (χ0v) is 13.2. The summed E-state index contributed by atoms with van der Waals surface area (Å²) < 4.78 is 1.73. The molecule has 21 heavy (non-hydrogen) atoms. The smallest absolute Gasteiger partial charge is 0.249 e. The number of hydrogen-bond donors (Lipinski definition) is 1. The van der Waals surface area contributed by atoms with Gasteiger partial charge in [-0.15, -0.1) is 0 Å². The van der Waals surface area contributed by atoms with Crippen molar-refractivity contribution in [2.45, 2.75) is 19.9 Å². The summed E-state index contributed by atoms with van der Waals surface area (Å²) in [5.74, 6) is 0.394. The van der Waals surface area contributed by atoms with E-state index in [1.165, 1.54) is 6.08 Å². The minimum Gasteiger partial charge on any atom is -0.307 e. The highest BCUT2D eigenvalue weighted by molar-refractivity contribution is 6.34. The van der Waals surface area contributed by atoms with E-state index in [0.29, 0.717) is 21.4 Å². The first-order chi connectivity index (χ1) is 9.97.